The maximum atomic E-state index is 12.3. The van der Waals surface area contributed by atoms with Crippen LogP contribution in [0.2, 0.25) is 0 Å². The Morgan fingerprint density at radius 3 is 2.39 bits per heavy atom. The molecule has 0 aliphatic carbocycles. The van der Waals surface area contributed by atoms with Gasteiger partial charge in [0.05, 0.1) is 0 Å². The van der Waals surface area contributed by atoms with E-state index in [1.165, 1.54) is 12.1 Å². The van der Waals surface area contributed by atoms with Crippen LogP contribution in [0.1, 0.15) is 30.9 Å². The van der Waals surface area contributed by atoms with E-state index in [1.807, 2.05) is 6.92 Å². The molecule has 0 aromatic heterocycles. The van der Waals surface area contributed by atoms with Gasteiger partial charge in [0, 0.05) is 41.0 Å². The Morgan fingerprint density at radius 2 is 1.89 bits per heavy atom. The van der Waals surface area contributed by atoms with Gasteiger partial charge < -0.3 is 5.32 Å². The van der Waals surface area contributed by atoms with Crippen LogP contribution in [-0.2, 0) is 17.3 Å². The maximum Gasteiger partial charge on any atom is 0.263 e. The molecule has 0 aliphatic heterocycles. The fourth-order valence-corrected chi connectivity index (χ4v) is 2.20. The van der Waals surface area contributed by atoms with Crippen molar-refractivity contribution in [3.63, 3.8) is 0 Å². The lowest BCUT2D eigenvalue weighted by Crippen LogP contribution is -2.26. The van der Waals surface area contributed by atoms with Crippen molar-refractivity contribution in [2.75, 3.05) is 12.0 Å². The summed E-state index contributed by atoms with van der Waals surface area (Å²) in [5.74, 6) is 0.679. The molecule has 0 spiro atoms. The lowest BCUT2D eigenvalue weighted by atomic mass is 10.1. The Morgan fingerprint density at radius 1 is 1.28 bits per heavy atom. The first-order valence-electron chi connectivity index (χ1n) is 5.89. The molecule has 2 unspecified atom stereocenters. The van der Waals surface area contributed by atoms with Gasteiger partial charge in [0.2, 0.25) is 0 Å². The summed E-state index contributed by atoms with van der Waals surface area (Å²) in [6, 6.07) is 6.59. The number of alkyl halides is 2. The number of halogens is 2. The molecule has 0 saturated heterocycles. The molecule has 5 heteroatoms. The molecule has 18 heavy (non-hydrogen) atoms. The summed E-state index contributed by atoms with van der Waals surface area (Å²) >= 11 is 0. The lowest BCUT2D eigenvalue weighted by molar-refractivity contribution is 0.151. The van der Waals surface area contributed by atoms with E-state index in [9.17, 15) is 13.0 Å². The van der Waals surface area contributed by atoms with Crippen molar-refractivity contribution >= 4 is 10.8 Å². The third-order valence-electron chi connectivity index (χ3n) is 2.72. The van der Waals surface area contributed by atoms with Gasteiger partial charge in [-0.2, -0.15) is 0 Å². The third-order valence-corrected chi connectivity index (χ3v) is 3.54. The van der Waals surface area contributed by atoms with Gasteiger partial charge in [0.1, 0.15) is 0 Å². The van der Waals surface area contributed by atoms with Gasteiger partial charge in [0.25, 0.3) is 6.43 Å². The summed E-state index contributed by atoms with van der Waals surface area (Å²) in [5, 5.41) is 3.28. The molecular weight excluding hydrogens is 256 g/mol. The van der Waals surface area contributed by atoms with Crippen molar-refractivity contribution in [3.8, 4) is 0 Å². The largest absolute Gasteiger partial charge is 0.310 e. The zero-order valence-corrected chi connectivity index (χ0v) is 11.5. The van der Waals surface area contributed by atoms with Crippen LogP contribution in [0.15, 0.2) is 24.3 Å². The van der Waals surface area contributed by atoms with Crippen molar-refractivity contribution in [2.45, 2.75) is 32.4 Å². The first kappa shape index (κ1) is 15.2. The fourth-order valence-electron chi connectivity index (χ4n) is 1.52. The number of benzene rings is 1. The number of hydrogen-bond donors (Lipinski definition) is 1. The van der Waals surface area contributed by atoms with Crippen LogP contribution in [0.25, 0.3) is 0 Å². The minimum atomic E-state index is -2.41. The van der Waals surface area contributed by atoms with Crippen LogP contribution in [-0.4, -0.2) is 22.3 Å². The monoisotopic (exact) mass is 275 g/mol. The van der Waals surface area contributed by atoms with E-state index in [4.69, 9.17) is 0 Å². The van der Waals surface area contributed by atoms with Gasteiger partial charge in [-0.15, -0.1) is 0 Å². The summed E-state index contributed by atoms with van der Waals surface area (Å²) in [6.45, 7) is 2.67. The zero-order valence-electron chi connectivity index (χ0n) is 10.7. The van der Waals surface area contributed by atoms with Crippen LogP contribution in [0.3, 0.4) is 0 Å². The molecule has 0 bridgehead atoms. The average Bonchev–Trinajstić information content (AvgIpc) is 2.34. The second-order valence-corrected chi connectivity index (χ2v) is 5.94. The predicted octanol–water partition coefficient (Wildman–Crippen LogP) is 2.87. The van der Waals surface area contributed by atoms with E-state index in [1.54, 1.807) is 18.4 Å². The number of nitrogens with one attached hydrogen (secondary N) is 1. The quantitative estimate of drug-likeness (QED) is 0.829. The smallest absolute Gasteiger partial charge is 0.263 e. The van der Waals surface area contributed by atoms with E-state index in [0.29, 0.717) is 12.3 Å². The maximum absolute atomic E-state index is 12.3. The SMILES string of the molecule is CC(CCS(C)=O)NCc1ccc(C(F)F)cc1. The highest BCUT2D eigenvalue weighted by atomic mass is 32.2. The van der Waals surface area contributed by atoms with E-state index in [2.05, 4.69) is 5.32 Å². The lowest BCUT2D eigenvalue weighted by Gasteiger charge is -2.13. The standard InChI is InChI=1S/C13H19F2NOS/c1-10(7-8-18(2)17)16-9-11-3-5-12(6-4-11)13(14)15/h3-6,10,13,16H,7-9H2,1-2H3. The summed E-state index contributed by atoms with van der Waals surface area (Å²) in [5.41, 5.74) is 1.03. The van der Waals surface area contributed by atoms with Gasteiger partial charge in [-0.3, -0.25) is 4.21 Å². The summed E-state index contributed by atoms with van der Waals surface area (Å²) in [4.78, 5) is 0. The molecule has 0 amide bonds. The molecule has 1 rings (SSSR count). The second kappa shape index (κ2) is 7.59. The Labute approximate surface area is 109 Å². The van der Waals surface area contributed by atoms with E-state index in [-0.39, 0.29) is 11.6 Å². The van der Waals surface area contributed by atoms with E-state index in [0.717, 1.165) is 12.0 Å². The molecule has 1 aromatic carbocycles. The molecule has 2 atom stereocenters. The fraction of sp³-hybridized carbons (Fsp3) is 0.538. The Hall–Kier alpha value is -0.810. The van der Waals surface area contributed by atoms with Crippen molar-refractivity contribution in [2.24, 2.45) is 0 Å². The molecule has 0 aliphatic rings. The summed E-state index contributed by atoms with van der Waals surface area (Å²) in [7, 11) is -0.766. The minimum absolute atomic E-state index is 0.0492. The Kier molecular flexibility index (Phi) is 6.43. The molecule has 0 saturated carbocycles. The topological polar surface area (TPSA) is 29.1 Å². The Bertz CT molecular complexity index is 381. The van der Waals surface area contributed by atoms with Gasteiger partial charge in [-0.05, 0) is 18.9 Å². The van der Waals surface area contributed by atoms with Crippen LogP contribution in [0, 0.1) is 0 Å². The molecule has 0 radical (unpaired) electrons. The van der Waals surface area contributed by atoms with Crippen molar-refractivity contribution in [1.82, 2.24) is 5.32 Å². The number of rotatable bonds is 7. The van der Waals surface area contributed by atoms with Crippen LogP contribution >= 0.6 is 0 Å². The second-order valence-electron chi connectivity index (χ2n) is 4.39. The van der Waals surface area contributed by atoms with Crippen LogP contribution in [0.5, 0.6) is 0 Å². The van der Waals surface area contributed by atoms with Gasteiger partial charge in [-0.25, -0.2) is 8.78 Å². The molecule has 0 heterocycles. The van der Waals surface area contributed by atoms with Gasteiger partial charge in [0.15, 0.2) is 0 Å². The molecule has 0 fully saturated rings. The van der Waals surface area contributed by atoms with E-state index >= 15 is 0 Å². The highest BCUT2D eigenvalue weighted by Gasteiger charge is 2.06. The normalized spacial score (nSPS) is 14.7. The number of hydrogen-bond acceptors (Lipinski definition) is 2. The molecule has 1 N–H and O–H groups in total. The highest BCUT2D eigenvalue weighted by molar-refractivity contribution is 7.84. The third kappa shape index (κ3) is 5.69. The van der Waals surface area contributed by atoms with Gasteiger partial charge >= 0.3 is 0 Å². The van der Waals surface area contributed by atoms with Gasteiger partial charge in [-0.1, -0.05) is 24.3 Å². The summed E-state index contributed by atoms with van der Waals surface area (Å²) in [6.07, 6.45) is 0.124. The van der Waals surface area contributed by atoms with Crippen LogP contribution < -0.4 is 5.32 Å². The zero-order chi connectivity index (χ0) is 13.5. The average molecular weight is 275 g/mol. The summed E-state index contributed by atoms with van der Waals surface area (Å²) < 4.78 is 35.6. The highest BCUT2D eigenvalue weighted by Crippen LogP contribution is 2.18. The van der Waals surface area contributed by atoms with Crippen molar-refractivity contribution in [1.29, 1.82) is 0 Å². The minimum Gasteiger partial charge on any atom is -0.310 e. The first-order valence-corrected chi connectivity index (χ1v) is 7.62. The Balaban J connectivity index is 2.36. The van der Waals surface area contributed by atoms with Crippen molar-refractivity contribution < 1.29 is 13.0 Å². The van der Waals surface area contributed by atoms with Crippen molar-refractivity contribution in [3.05, 3.63) is 35.4 Å². The molecule has 1 aromatic rings. The molecule has 102 valence electrons. The predicted molar refractivity (Wildman–Crippen MR) is 71.3 cm³/mol. The molecular formula is C13H19F2NOS. The molecule has 2 nitrogen and oxygen atoms in total. The van der Waals surface area contributed by atoms with Crippen LogP contribution in [0.4, 0.5) is 8.78 Å². The van der Waals surface area contributed by atoms with E-state index < -0.39 is 17.2 Å². The first-order chi connectivity index (χ1) is 8.49.